The zero-order valence-electron chi connectivity index (χ0n) is 4.96. The molecule has 0 aromatic carbocycles. The summed E-state index contributed by atoms with van der Waals surface area (Å²) in [4.78, 5) is 19.0. The van der Waals surface area contributed by atoms with E-state index >= 15 is 0 Å². The van der Waals surface area contributed by atoms with Gasteiger partial charge in [0.05, 0.1) is 0 Å². The Morgan fingerprint density at radius 2 is 2.12 bits per heavy atom. The molecule has 0 rings (SSSR count). The molecule has 0 fully saturated rings. The zero-order valence-corrected chi connectivity index (χ0v) is 6.11. The Kier molecular flexibility index (Phi) is 2.89. The van der Waals surface area contributed by atoms with Gasteiger partial charge in [-0.1, -0.05) is 0 Å². The van der Waals surface area contributed by atoms with E-state index in [9.17, 15) is 4.79 Å². The van der Waals surface area contributed by atoms with E-state index in [-0.39, 0.29) is 0 Å². The van der Waals surface area contributed by atoms with Gasteiger partial charge in [-0.25, -0.2) is 0 Å². The SMILES string of the molecule is CC(O)C(=O)[SiH](C)O. The number of aliphatic hydroxyl groups excluding tert-OH is 1. The van der Waals surface area contributed by atoms with Gasteiger partial charge in [-0.3, -0.25) is 4.79 Å². The smallest absolute Gasteiger partial charge is 0.246 e. The highest BCUT2D eigenvalue weighted by Crippen LogP contribution is 1.85. The molecule has 4 heteroatoms. The summed E-state index contributed by atoms with van der Waals surface area (Å²) in [6.45, 7) is 2.83. The van der Waals surface area contributed by atoms with E-state index in [0.29, 0.717) is 0 Å². The van der Waals surface area contributed by atoms with Crippen LogP contribution in [-0.2, 0) is 4.79 Å². The third-order valence-corrected chi connectivity index (χ3v) is 2.13. The number of hydrogen-bond donors (Lipinski definition) is 2. The van der Waals surface area contributed by atoms with Gasteiger partial charge in [-0.15, -0.1) is 0 Å². The molecule has 0 aliphatic rings. The molecule has 3 nitrogen and oxygen atoms in total. The summed E-state index contributed by atoms with van der Waals surface area (Å²) >= 11 is 0. The molecule has 0 aliphatic heterocycles. The fraction of sp³-hybridized carbons (Fsp3) is 0.750. The monoisotopic (exact) mass is 134 g/mol. The first-order chi connectivity index (χ1) is 3.55. The molecular weight excluding hydrogens is 124 g/mol. The average molecular weight is 134 g/mol. The second kappa shape index (κ2) is 2.96. The standard InChI is InChI=1S/C4H10O3Si/c1-3(5)4(6)8(2)7/h3,5,7-8H,1-2H3. The molecule has 0 amide bonds. The van der Waals surface area contributed by atoms with Crippen LogP contribution in [-0.4, -0.2) is 30.5 Å². The van der Waals surface area contributed by atoms with Crippen LogP contribution in [0, 0.1) is 0 Å². The minimum atomic E-state index is -2.21. The van der Waals surface area contributed by atoms with Crippen molar-refractivity contribution in [2.75, 3.05) is 0 Å². The number of hydrogen-bond acceptors (Lipinski definition) is 3. The molecule has 0 aliphatic carbocycles. The fourth-order valence-corrected chi connectivity index (χ4v) is 1.05. The second-order valence-electron chi connectivity index (χ2n) is 1.75. The fourth-order valence-electron chi connectivity index (χ4n) is 0.349. The summed E-state index contributed by atoms with van der Waals surface area (Å²) in [5.41, 5.74) is 0. The number of carbonyl (C=O) groups excluding carboxylic acids is 1. The van der Waals surface area contributed by atoms with Crippen molar-refractivity contribution in [3.63, 3.8) is 0 Å². The molecule has 0 spiro atoms. The van der Waals surface area contributed by atoms with Crippen LogP contribution in [0.15, 0.2) is 0 Å². The summed E-state index contributed by atoms with van der Waals surface area (Å²) < 4.78 is 0. The Morgan fingerprint density at radius 1 is 1.75 bits per heavy atom. The normalized spacial score (nSPS) is 17.5. The van der Waals surface area contributed by atoms with E-state index in [0.717, 1.165) is 0 Å². The van der Waals surface area contributed by atoms with E-state index in [4.69, 9.17) is 9.90 Å². The average Bonchev–Trinajstić information content (AvgIpc) is 1.64. The molecule has 2 N–H and O–H groups in total. The lowest BCUT2D eigenvalue weighted by molar-refractivity contribution is -0.119. The molecule has 0 heterocycles. The molecule has 0 bridgehead atoms. The summed E-state index contributed by atoms with van der Waals surface area (Å²) in [5.74, 6) is 0. The van der Waals surface area contributed by atoms with Crippen LogP contribution in [0.5, 0.6) is 0 Å². The second-order valence-corrected chi connectivity index (χ2v) is 3.68. The highest BCUT2D eigenvalue weighted by Gasteiger charge is 2.15. The first-order valence-electron chi connectivity index (χ1n) is 2.45. The summed E-state index contributed by atoms with van der Waals surface area (Å²) in [7, 11) is -2.21. The predicted octanol–water partition coefficient (Wildman–Crippen LogP) is -1.18. The van der Waals surface area contributed by atoms with Gasteiger partial charge in [-0.2, -0.15) is 0 Å². The van der Waals surface area contributed by atoms with Gasteiger partial charge in [0.2, 0.25) is 9.04 Å². The van der Waals surface area contributed by atoms with Gasteiger partial charge in [0.15, 0.2) is 5.41 Å². The summed E-state index contributed by atoms with van der Waals surface area (Å²) in [6, 6.07) is 0. The largest absolute Gasteiger partial charge is 0.427 e. The van der Waals surface area contributed by atoms with E-state index in [1.54, 1.807) is 0 Å². The van der Waals surface area contributed by atoms with E-state index < -0.39 is 20.6 Å². The lowest BCUT2D eigenvalue weighted by atomic mass is 10.5. The van der Waals surface area contributed by atoms with Crippen molar-refractivity contribution in [1.82, 2.24) is 0 Å². The van der Waals surface area contributed by atoms with Gasteiger partial charge in [0, 0.05) is 0 Å². The third kappa shape index (κ3) is 2.20. The zero-order chi connectivity index (χ0) is 6.73. The topological polar surface area (TPSA) is 57.5 Å². The molecule has 0 saturated carbocycles. The molecule has 0 saturated heterocycles. The minimum Gasteiger partial charge on any atom is -0.427 e. The molecule has 2 unspecified atom stereocenters. The highest BCUT2D eigenvalue weighted by molar-refractivity contribution is 6.84. The maximum atomic E-state index is 10.4. The van der Waals surface area contributed by atoms with Crippen LogP contribution in [0.4, 0.5) is 0 Å². The predicted molar refractivity (Wildman–Crippen MR) is 31.9 cm³/mol. The number of rotatable bonds is 2. The van der Waals surface area contributed by atoms with E-state index in [2.05, 4.69) is 0 Å². The first kappa shape index (κ1) is 7.81. The maximum absolute atomic E-state index is 10.4. The molecule has 0 aromatic rings. The van der Waals surface area contributed by atoms with Crippen LogP contribution in [0.2, 0.25) is 6.55 Å². The van der Waals surface area contributed by atoms with Gasteiger partial charge >= 0.3 is 0 Å². The van der Waals surface area contributed by atoms with Gasteiger partial charge in [0.1, 0.15) is 6.10 Å². The maximum Gasteiger partial charge on any atom is 0.246 e. The molecule has 2 atom stereocenters. The minimum absolute atomic E-state index is 0.398. The summed E-state index contributed by atoms with van der Waals surface area (Å²) in [5, 5.41) is 8.12. The van der Waals surface area contributed by atoms with E-state index in [1.807, 2.05) is 0 Å². The van der Waals surface area contributed by atoms with Crippen LogP contribution in [0.25, 0.3) is 0 Å². The van der Waals surface area contributed by atoms with Crippen molar-refractivity contribution < 1.29 is 14.7 Å². The van der Waals surface area contributed by atoms with Gasteiger partial charge in [0.25, 0.3) is 0 Å². The van der Waals surface area contributed by atoms with Crippen LogP contribution >= 0.6 is 0 Å². The van der Waals surface area contributed by atoms with Crippen LogP contribution in [0.3, 0.4) is 0 Å². The van der Waals surface area contributed by atoms with Gasteiger partial charge < -0.3 is 9.90 Å². The van der Waals surface area contributed by atoms with Crippen LogP contribution < -0.4 is 0 Å². The Balaban J connectivity index is 3.65. The Bertz CT molecular complexity index is 79.3. The molecule has 0 radical (unpaired) electrons. The van der Waals surface area contributed by atoms with Crippen LogP contribution in [0.1, 0.15) is 6.92 Å². The van der Waals surface area contributed by atoms with E-state index in [1.165, 1.54) is 13.5 Å². The lowest BCUT2D eigenvalue weighted by Crippen LogP contribution is -2.31. The summed E-state index contributed by atoms with van der Waals surface area (Å²) in [6.07, 6.45) is -0.985. The highest BCUT2D eigenvalue weighted by atomic mass is 28.3. The van der Waals surface area contributed by atoms with Crippen molar-refractivity contribution in [3.8, 4) is 0 Å². The quantitative estimate of drug-likeness (QED) is 0.467. The number of aliphatic hydroxyl groups is 1. The third-order valence-electron chi connectivity index (χ3n) is 0.824. The Morgan fingerprint density at radius 3 is 2.12 bits per heavy atom. The van der Waals surface area contributed by atoms with Crippen molar-refractivity contribution in [3.05, 3.63) is 0 Å². The molecule has 48 valence electrons. The molecular formula is C4H10O3Si. The molecule has 8 heavy (non-hydrogen) atoms. The molecule has 0 aromatic heterocycles. The van der Waals surface area contributed by atoms with Crippen molar-refractivity contribution >= 4 is 14.4 Å². The van der Waals surface area contributed by atoms with Crippen molar-refractivity contribution in [1.29, 1.82) is 0 Å². The number of carbonyl (C=O) groups is 1. The Hall–Kier alpha value is -0.193. The first-order valence-corrected chi connectivity index (χ1v) is 4.70. The van der Waals surface area contributed by atoms with Crippen molar-refractivity contribution in [2.45, 2.75) is 19.6 Å². The van der Waals surface area contributed by atoms with Gasteiger partial charge in [-0.05, 0) is 13.5 Å². The lowest BCUT2D eigenvalue weighted by Gasteiger charge is -2.01. The Labute approximate surface area is 49.7 Å². The van der Waals surface area contributed by atoms with Crippen molar-refractivity contribution in [2.24, 2.45) is 0 Å².